The van der Waals surface area contributed by atoms with Gasteiger partial charge in [0.2, 0.25) is 0 Å². The maximum Gasteiger partial charge on any atom is 0.472 e. The van der Waals surface area contributed by atoms with Crippen LogP contribution in [0.5, 0.6) is 0 Å². The smallest absolute Gasteiger partial charge is 0.455 e. The lowest BCUT2D eigenvalue weighted by Crippen LogP contribution is -2.48. The molecule has 0 radical (unpaired) electrons. The Balaban J connectivity index is 1.14. The molecule has 0 aliphatic carbocycles. The molecule has 11 atom stereocenters. The van der Waals surface area contributed by atoms with E-state index in [1.807, 2.05) is 20.8 Å². The van der Waals surface area contributed by atoms with E-state index < -0.39 is 108 Å². The summed E-state index contributed by atoms with van der Waals surface area (Å²) < 4.78 is 73.5. The molecular formula is C39H54N10O17P2S2. The molecule has 27 nitrogen and oxygen atoms in total. The molecule has 4 aromatic rings. The molecule has 2 unspecified atom stereocenters. The topological polar surface area (TPSA) is 392 Å². The number of aromatic nitrogens is 6. The molecule has 31 heteroatoms. The monoisotopic (exact) mass is 1060 g/mol. The summed E-state index contributed by atoms with van der Waals surface area (Å²) in [6.07, 6.45) is -7.34. The van der Waals surface area contributed by atoms with Crippen molar-refractivity contribution >= 4 is 77.8 Å². The Hall–Kier alpha value is -4.45. The molecule has 0 saturated carbocycles. The number of ether oxygens (including phenoxy) is 5. The second-order valence-electron chi connectivity index (χ2n) is 17.3. The lowest BCUT2D eigenvalue weighted by atomic mass is 9.92. The number of anilines is 3. The van der Waals surface area contributed by atoms with Crippen LogP contribution < -0.4 is 28.2 Å². The quantitative estimate of drug-likeness (QED) is 0.0272. The Labute approximate surface area is 407 Å². The average Bonchev–Trinajstić information content (AvgIpc) is 4.09. The van der Waals surface area contributed by atoms with Crippen molar-refractivity contribution in [1.82, 2.24) is 34.4 Å². The van der Waals surface area contributed by atoms with Crippen molar-refractivity contribution in [2.24, 2.45) is 5.92 Å². The molecule has 0 spiro atoms. The van der Waals surface area contributed by atoms with Crippen LogP contribution in [0.1, 0.15) is 58.1 Å². The number of hydrogen-bond acceptors (Lipinski definition) is 23. The van der Waals surface area contributed by atoms with Gasteiger partial charge in [-0.05, 0) is 43.0 Å². The van der Waals surface area contributed by atoms with Gasteiger partial charge in [0.05, 0.1) is 25.6 Å². The molecule has 384 valence electrons. The number of rotatable bonds is 20. The van der Waals surface area contributed by atoms with Gasteiger partial charge in [-0.15, -0.1) is 0 Å². The number of amides is 1. The standard InChI is InChI=1S/C39H54N10O17P2S2/c1-39(2,3)70-69-17-24(46-38(53)60-14-20-6-8-21(40)9-7-20)36(51)65-31-26(64-35(29(31)50)49-19-45-28-32(42)43-18-44-33(28)49)16-62-68(57,58)66-30-23(13-22-5-4-12-59-22)34(48-11-10-27(41)47-37(48)52)63-25(30)15-61-67(54,55)56/h6-11,18-19,22-26,29-31,34-35,50H,4-5,12-17,40H2,1-3H3,(H,46,53)(H,57,58)(H2,41,47,52)(H2,42,43,44)(H2,54,55,56)/t22?,23-,24-,25-,26-,29-,30+,31-,34-,35-/m1/s1. The van der Waals surface area contributed by atoms with Gasteiger partial charge in [0, 0.05) is 34.9 Å². The van der Waals surface area contributed by atoms with Gasteiger partial charge in [0.1, 0.15) is 61.0 Å². The van der Waals surface area contributed by atoms with Crippen LogP contribution in [0.2, 0.25) is 0 Å². The van der Waals surface area contributed by atoms with E-state index in [0.29, 0.717) is 30.7 Å². The van der Waals surface area contributed by atoms with E-state index in [1.54, 1.807) is 24.3 Å². The fraction of sp³-hybridized carbons (Fsp3) is 0.564. The zero-order valence-corrected chi connectivity index (χ0v) is 41.2. The van der Waals surface area contributed by atoms with Gasteiger partial charge in [0.15, 0.2) is 23.8 Å². The third-order valence-electron chi connectivity index (χ3n) is 10.9. The molecule has 1 aromatic carbocycles. The van der Waals surface area contributed by atoms with Gasteiger partial charge in [-0.1, -0.05) is 54.5 Å². The highest BCUT2D eigenvalue weighted by molar-refractivity contribution is 8.77. The molecule has 3 aromatic heterocycles. The van der Waals surface area contributed by atoms with Crippen molar-refractivity contribution in [3.63, 3.8) is 0 Å². The lowest BCUT2D eigenvalue weighted by molar-refractivity contribution is -0.158. The second-order valence-corrected chi connectivity index (χ2v) is 23.1. The number of benzene rings is 1. The van der Waals surface area contributed by atoms with Gasteiger partial charge in [-0.3, -0.25) is 22.7 Å². The highest BCUT2D eigenvalue weighted by atomic mass is 33.1. The minimum Gasteiger partial charge on any atom is -0.455 e. The Morgan fingerprint density at radius 3 is 2.37 bits per heavy atom. The number of phosphoric ester groups is 2. The fourth-order valence-corrected chi connectivity index (χ4v) is 11.6. The summed E-state index contributed by atoms with van der Waals surface area (Å²) in [5, 5.41) is 14.4. The van der Waals surface area contributed by atoms with E-state index in [-0.39, 0.29) is 46.3 Å². The van der Waals surface area contributed by atoms with Gasteiger partial charge >= 0.3 is 33.4 Å². The summed E-state index contributed by atoms with van der Waals surface area (Å²) in [5.41, 5.74) is 18.0. The van der Waals surface area contributed by atoms with E-state index in [2.05, 4.69) is 25.3 Å². The third kappa shape index (κ3) is 13.9. The first-order valence-electron chi connectivity index (χ1n) is 21.6. The summed E-state index contributed by atoms with van der Waals surface area (Å²) in [7, 11) is -7.86. The molecule has 70 heavy (non-hydrogen) atoms. The summed E-state index contributed by atoms with van der Waals surface area (Å²) in [5.74, 6) is -2.25. The number of nitrogen functional groups attached to an aromatic ring is 3. The maximum absolute atomic E-state index is 14.2. The first-order valence-corrected chi connectivity index (χ1v) is 26.9. The molecule has 3 fully saturated rings. The first-order chi connectivity index (χ1) is 33.0. The Kier molecular flexibility index (Phi) is 17.2. The molecule has 3 aliphatic heterocycles. The minimum atomic E-state index is -5.36. The molecule has 7 rings (SSSR count). The van der Waals surface area contributed by atoms with Gasteiger partial charge < -0.3 is 66.0 Å². The van der Waals surface area contributed by atoms with Crippen molar-refractivity contribution in [3.8, 4) is 0 Å². The molecule has 0 bridgehead atoms. The molecular weight excluding hydrogens is 1010 g/mol. The van der Waals surface area contributed by atoms with Gasteiger partial charge in [-0.25, -0.2) is 38.5 Å². The van der Waals surface area contributed by atoms with Crippen LogP contribution in [0, 0.1) is 5.92 Å². The van der Waals surface area contributed by atoms with E-state index in [0.717, 1.165) is 10.9 Å². The van der Waals surface area contributed by atoms with E-state index in [9.17, 15) is 43.3 Å². The molecule has 3 aliphatic rings. The number of nitrogens with one attached hydrogen (secondary N) is 1. The number of aliphatic hydroxyl groups is 1. The number of esters is 1. The maximum atomic E-state index is 14.2. The van der Waals surface area contributed by atoms with Crippen molar-refractivity contribution in [2.45, 2.75) is 107 Å². The Bertz CT molecular complexity index is 2620. The van der Waals surface area contributed by atoms with E-state index >= 15 is 0 Å². The van der Waals surface area contributed by atoms with Crippen LogP contribution in [0.3, 0.4) is 0 Å². The Morgan fingerprint density at radius 1 is 0.971 bits per heavy atom. The lowest BCUT2D eigenvalue weighted by Gasteiger charge is -2.28. The number of nitrogens with two attached hydrogens (primary N) is 3. The fourth-order valence-electron chi connectivity index (χ4n) is 7.77. The normalized spacial score (nSPS) is 26.2. The number of fused-ring (bicyclic) bond motifs is 1. The molecule has 1 amide bonds. The molecule has 3 saturated heterocycles. The summed E-state index contributed by atoms with van der Waals surface area (Å²) in [4.78, 5) is 87.1. The number of aliphatic hydroxyl groups excluding tert-OH is 1. The van der Waals surface area contributed by atoms with Gasteiger partial charge in [-0.2, -0.15) is 4.98 Å². The number of carbonyl (C=O) groups is 2. The van der Waals surface area contributed by atoms with Crippen LogP contribution in [-0.2, 0) is 57.8 Å². The molecule has 11 N–H and O–H groups in total. The average molecular weight is 1060 g/mol. The van der Waals surface area contributed by atoms with E-state index in [1.165, 1.54) is 44.7 Å². The van der Waals surface area contributed by atoms with Crippen molar-refractivity contribution in [3.05, 3.63) is 65.2 Å². The van der Waals surface area contributed by atoms with Crippen LogP contribution in [-0.4, -0.2) is 134 Å². The van der Waals surface area contributed by atoms with Crippen molar-refractivity contribution in [1.29, 1.82) is 0 Å². The van der Waals surface area contributed by atoms with Crippen LogP contribution in [0.15, 0.2) is 54.0 Å². The number of nitrogens with zero attached hydrogens (tertiary/aromatic N) is 6. The number of hydrogen-bond donors (Lipinski definition) is 8. The largest absolute Gasteiger partial charge is 0.472 e. The number of alkyl carbamates (subject to hydrolysis) is 1. The van der Waals surface area contributed by atoms with Crippen molar-refractivity contribution < 1.29 is 75.8 Å². The summed E-state index contributed by atoms with van der Waals surface area (Å²) in [6, 6.07) is 6.50. The zero-order valence-electron chi connectivity index (χ0n) is 37.8. The van der Waals surface area contributed by atoms with E-state index in [4.69, 9.17) is 54.5 Å². The zero-order chi connectivity index (χ0) is 50.5. The molecule has 6 heterocycles. The summed E-state index contributed by atoms with van der Waals surface area (Å²) >= 11 is 0. The second kappa shape index (κ2) is 22.5. The summed E-state index contributed by atoms with van der Waals surface area (Å²) in [6.45, 7) is 4.28. The number of carbonyl (C=O) groups excluding carboxylic acids is 2. The minimum absolute atomic E-state index is 0.00162. The third-order valence-corrected chi connectivity index (χ3v) is 15.7. The predicted octanol–water partition coefficient (Wildman–Crippen LogP) is 2.17. The highest BCUT2D eigenvalue weighted by Crippen LogP contribution is 2.53. The van der Waals surface area contributed by atoms with Crippen molar-refractivity contribution in [2.75, 3.05) is 42.8 Å². The van der Waals surface area contributed by atoms with Gasteiger partial charge in [0.25, 0.3) is 0 Å². The Morgan fingerprint density at radius 2 is 1.69 bits per heavy atom. The predicted molar refractivity (Wildman–Crippen MR) is 250 cm³/mol. The SMILES string of the molecule is CC(C)(C)SSC[C@@H](NC(=O)OCc1ccc(N)cc1)C(=O)O[C@H]1[C@@H](O)[C@H](n2cnc3c(N)ncnc32)O[C@@H]1COP(=O)(O)O[C@H]1[C@@H](CC2CCCO2)[C@H](n2ccc(N)nc2=O)O[C@@H]1COP(=O)(O)O. The van der Waals surface area contributed by atoms with Crippen LogP contribution >= 0.6 is 37.2 Å². The first kappa shape index (κ1) is 53.4. The highest BCUT2D eigenvalue weighted by Gasteiger charge is 2.53. The van der Waals surface area contributed by atoms with Crippen LogP contribution in [0.25, 0.3) is 11.2 Å². The number of phosphoric acid groups is 2. The van der Waals surface area contributed by atoms with Crippen LogP contribution in [0.4, 0.5) is 22.1 Å². The number of imidazole rings is 1.